The number of para-hydroxylation sites is 1. The monoisotopic (exact) mass is 359 g/mol. The second-order valence-electron chi connectivity index (χ2n) is 5.24. The van der Waals surface area contributed by atoms with Crippen LogP contribution in [0.5, 0.6) is 0 Å². The zero-order valence-corrected chi connectivity index (χ0v) is 14.6. The first-order valence-corrected chi connectivity index (χ1v) is 8.37. The molecule has 3 rings (SSSR count). The molecule has 2 heterocycles. The Hall–Kier alpha value is -2.78. The molecule has 8 nitrogen and oxygen atoms in total. The molecular formula is C16H17N5O3S. The Morgan fingerprint density at radius 2 is 2.12 bits per heavy atom. The number of carbonyl (C=O) groups is 1. The predicted molar refractivity (Wildman–Crippen MR) is 94.2 cm³/mol. The number of hydrogen-bond acceptors (Lipinski definition) is 6. The largest absolute Gasteiger partial charge is 0.383 e. The van der Waals surface area contributed by atoms with E-state index in [-0.39, 0.29) is 17.8 Å². The highest BCUT2D eigenvalue weighted by atomic mass is 32.1. The molecule has 3 aromatic rings. The van der Waals surface area contributed by atoms with Gasteiger partial charge in [0.25, 0.3) is 11.5 Å². The van der Waals surface area contributed by atoms with Crippen LogP contribution in [0.2, 0.25) is 0 Å². The van der Waals surface area contributed by atoms with E-state index in [2.05, 4.69) is 15.6 Å². The molecule has 0 aliphatic rings. The number of benzene rings is 1. The smallest absolute Gasteiger partial charge is 0.291 e. The Kier molecular flexibility index (Phi) is 5.05. The van der Waals surface area contributed by atoms with Crippen molar-refractivity contribution in [2.24, 2.45) is 12.1 Å². The van der Waals surface area contributed by atoms with Crippen molar-refractivity contribution in [1.82, 2.24) is 19.8 Å². The van der Waals surface area contributed by atoms with E-state index in [0.29, 0.717) is 11.4 Å². The van der Waals surface area contributed by atoms with E-state index in [1.807, 2.05) is 35.9 Å². The Bertz CT molecular complexity index is 1030. The molecule has 0 saturated carbocycles. The number of methoxy groups -OCH3 is 1. The number of carbonyl (C=O) groups excluding carboxylic acids is 1. The maximum absolute atomic E-state index is 12.3. The molecule has 0 atom stereocenters. The van der Waals surface area contributed by atoms with Gasteiger partial charge in [-0.15, -0.1) is 5.10 Å². The lowest BCUT2D eigenvalue weighted by atomic mass is 10.3. The zero-order chi connectivity index (χ0) is 17.8. The Morgan fingerprint density at radius 1 is 1.32 bits per heavy atom. The predicted octanol–water partition coefficient (Wildman–Crippen LogP) is 0.689. The molecule has 0 unspecified atom stereocenters. The molecule has 1 N–H and O–H groups in total. The Labute approximate surface area is 147 Å². The van der Waals surface area contributed by atoms with Crippen molar-refractivity contribution in [2.75, 3.05) is 13.7 Å². The third kappa shape index (κ3) is 3.67. The standard InChI is InChI=1S/C16H17N5O3S/c1-20-12-5-3-4-6-13(12)25-16(20)18-17-15(23)11-7-8-14(22)21(19-11)9-10-24-2/h3-8H,9-10H2,1-2H3,(H,17,23)/b18-16-. The molecule has 0 saturated heterocycles. The number of fused-ring (bicyclic) bond motifs is 1. The van der Waals surface area contributed by atoms with Gasteiger partial charge in [0.05, 0.1) is 23.4 Å². The lowest BCUT2D eigenvalue weighted by Gasteiger charge is -2.05. The summed E-state index contributed by atoms with van der Waals surface area (Å²) in [4.78, 5) is 24.6. The number of nitrogens with one attached hydrogen (secondary N) is 1. The second-order valence-corrected chi connectivity index (χ2v) is 6.25. The number of amides is 1. The summed E-state index contributed by atoms with van der Waals surface area (Å²) in [5.74, 6) is -0.483. The number of ether oxygens (including phenoxy) is 1. The number of thiazole rings is 1. The van der Waals surface area contributed by atoms with Crippen molar-refractivity contribution in [1.29, 1.82) is 0 Å². The van der Waals surface area contributed by atoms with Gasteiger partial charge in [-0.3, -0.25) is 9.59 Å². The summed E-state index contributed by atoms with van der Waals surface area (Å²) >= 11 is 1.47. The third-order valence-electron chi connectivity index (χ3n) is 3.57. The minimum Gasteiger partial charge on any atom is -0.383 e. The molecule has 1 amide bonds. The molecule has 0 spiro atoms. The lowest BCUT2D eigenvalue weighted by Crippen LogP contribution is -2.29. The molecule has 0 bridgehead atoms. The SMILES string of the molecule is COCCn1nc(C(=O)N/N=c2\sc3ccccc3n2C)ccc1=O. The van der Waals surface area contributed by atoms with E-state index >= 15 is 0 Å². The first kappa shape index (κ1) is 17.1. The third-order valence-corrected chi connectivity index (χ3v) is 4.69. The summed E-state index contributed by atoms with van der Waals surface area (Å²) in [5.41, 5.74) is 3.34. The summed E-state index contributed by atoms with van der Waals surface area (Å²) in [6.45, 7) is 0.610. The fourth-order valence-corrected chi connectivity index (χ4v) is 3.23. The molecule has 0 aliphatic heterocycles. The van der Waals surface area contributed by atoms with Crippen molar-refractivity contribution in [3.05, 3.63) is 57.2 Å². The van der Waals surface area contributed by atoms with Crippen LogP contribution in [-0.4, -0.2) is 34.0 Å². The molecule has 9 heteroatoms. The molecule has 0 radical (unpaired) electrons. The van der Waals surface area contributed by atoms with Crippen molar-refractivity contribution in [3.63, 3.8) is 0 Å². The van der Waals surface area contributed by atoms with Crippen molar-refractivity contribution >= 4 is 27.5 Å². The van der Waals surface area contributed by atoms with Crippen LogP contribution in [0.4, 0.5) is 0 Å². The van der Waals surface area contributed by atoms with E-state index < -0.39 is 5.91 Å². The molecule has 25 heavy (non-hydrogen) atoms. The van der Waals surface area contributed by atoms with Crippen molar-refractivity contribution in [2.45, 2.75) is 6.54 Å². The zero-order valence-electron chi connectivity index (χ0n) is 13.8. The molecule has 0 aliphatic carbocycles. The molecule has 130 valence electrons. The van der Waals surface area contributed by atoms with Crippen LogP contribution in [0.15, 0.2) is 46.3 Å². The van der Waals surface area contributed by atoms with Crippen LogP contribution >= 0.6 is 11.3 Å². The van der Waals surface area contributed by atoms with Gasteiger partial charge in [0.15, 0.2) is 5.69 Å². The number of nitrogens with zero attached hydrogens (tertiary/aromatic N) is 4. The summed E-state index contributed by atoms with van der Waals surface area (Å²) in [6.07, 6.45) is 0. The number of aryl methyl sites for hydroxylation is 1. The van der Waals surface area contributed by atoms with Gasteiger partial charge >= 0.3 is 0 Å². The maximum atomic E-state index is 12.3. The number of hydrogen-bond donors (Lipinski definition) is 1. The van der Waals surface area contributed by atoms with Gasteiger partial charge in [0, 0.05) is 20.2 Å². The highest BCUT2D eigenvalue weighted by Gasteiger charge is 2.09. The van der Waals surface area contributed by atoms with Crippen LogP contribution in [-0.2, 0) is 18.3 Å². The van der Waals surface area contributed by atoms with E-state index in [0.717, 1.165) is 10.2 Å². The quantitative estimate of drug-likeness (QED) is 0.679. The first-order valence-electron chi connectivity index (χ1n) is 7.56. The van der Waals surface area contributed by atoms with Gasteiger partial charge < -0.3 is 9.30 Å². The van der Waals surface area contributed by atoms with Crippen LogP contribution in [0.1, 0.15) is 10.5 Å². The fourth-order valence-electron chi connectivity index (χ4n) is 2.25. The average Bonchev–Trinajstić information content (AvgIpc) is 2.95. The topological polar surface area (TPSA) is 90.5 Å². The Morgan fingerprint density at radius 3 is 2.88 bits per heavy atom. The second kappa shape index (κ2) is 7.41. The van der Waals surface area contributed by atoms with Gasteiger partial charge in [-0.25, -0.2) is 10.1 Å². The van der Waals surface area contributed by atoms with Crippen LogP contribution in [0.25, 0.3) is 10.2 Å². The summed E-state index contributed by atoms with van der Waals surface area (Å²) in [7, 11) is 3.42. The lowest BCUT2D eigenvalue weighted by molar-refractivity contribution is 0.0944. The minimum atomic E-state index is -0.483. The van der Waals surface area contributed by atoms with E-state index in [1.165, 1.54) is 35.3 Å². The van der Waals surface area contributed by atoms with Gasteiger partial charge in [-0.2, -0.15) is 5.10 Å². The normalized spacial score (nSPS) is 11.8. The highest BCUT2D eigenvalue weighted by molar-refractivity contribution is 7.16. The summed E-state index contributed by atoms with van der Waals surface area (Å²) in [6, 6.07) is 10.6. The molecule has 0 fully saturated rings. The van der Waals surface area contributed by atoms with Crippen LogP contribution < -0.4 is 15.8 Å². The van der Waals surface area contributed by atoms with Gasteiger partial charge in [-0.1, -0.05) is 23.5 Å². The Balaban J connectivity index is 1.84. The van der Waals surface area contributed by atoms with Crippen molar-refractivity contribution in [3.8, 4) is 0 Å². The number of aromatic nitrogens is 3. The molecule has 1 aromatic carbocycles. The van der Waals surface area contributed by atoms with E-state index in [9.17, 15) is 9.59 Å². The van der Waals surface area contributed by atoms with Crippen LogP contribution in [0, 0.1) is 0 Å². The molecular weight excluding hydrogens is 342 g/mol. The minimum absolute atomic E-state index is 0.114. The number of rotatable bonds is 5. The average molecular weight is 359 g/mol. The summed E-state index contributed by atoms with van der Waals surface area (Å²) in [5, 5.41) is 8.20. The van der Waals surface area contributed by atoms with Crippen molar-refractivity contribution < 1.29 is 9.53 Å². The summed E-state index contributed by atoms with van der Waals surface area (Å²) < 4.78 is 9.09. The van der Waals surface area contributed by atoms with E-state index in [4.69, 9.17) is 4.74 Å². The first-order chi connectivity index (χ1) is 12.1. The fraction of sp³-hybridized carbons (Fsp3) is 0.250. The van der Waals surface area contributed by atoms with Gasteiger partial charge in [-0.05, 0) is 18.2 Å². The molecule has 2 aromatic heterocycles. The van der Waals surface area contributed by atoms with Crippen LogP contribution in [0.3, 0.4) is 0 Å². The van der Waals surface area contributed by atoms with E-state index in [1.54, 1.807) is 0 Å². The maximum Gasteiger partial charge on any atom is 0.291 e. The highest BCUT2D eigenvalue weighted by Crippen LogP contribution is 2.14. The van der Waals surface area contributed by atoms with Gasteiger partial charge in [0.1, 0.15) is 0 Å². The van der Waals surface area contributed by atoms with Gasteiger partial charge in [0.2, 0.25) is 4.80 Å².